The number of hydrogen-bond donors (Lipinski definition) is 0. The Morgan fingerprint density at radius 2 is 1.74 bits per heavy atom. The highest BCUT2D eigenvalue weighted by Gasteiger charge is 2.15. The Bertz CT molecular complexity index is 490. The highest BCUT2D eigenvalue weighted by molar-refractivity contribution is 14.2. The summed E-state index contributed by atoms with van der Waals surface area (Å²) in [5, 5.41) is 0. The zero-order valence-corrected chi connectivity index (χ0v) is 13.8. The summed E-state index contributed by atoms with van der Waals surface area (Å²) in [7, 11) is 2.49. The van der Waals surface area contributed by atoms with Crippen molar-refractivity contribution < 1.29 is 13.5 Å². The molecule has 0 bridgehead atoms. The second-order valence-electron chi connectivity index (χ2n) is 3.62. The van der Waals surface area contributed by atoms with Crippen LogP contribution >= 0.6 is 30.1 Å². The summed E-state index contributed by atoms with van der Waals surface area (Å²) in [6.07, 6.45) is 1.09. The van der Waals surface area contributed by atoms with E-state index in [0.717, 1.165) is 15.0 Å². The normalized spacial score (nSPS) is 12.6. The van der Waals surface area contributed by atoms with E-state index < -0.39 is 11.7 Å². The minimum absolute atomic E-state index is 0.0197. The minimum atomic E-state index is -0.637. The molecule has 0 N–H and O–H groups in total. The van der Waals surface area contributed by atoms with Crippen molar-refractivity contribution in [2.45, 2.75) is 6.92 Å². The van der Waals surface area contributed by atoms with Crippen LogP contribution in [0.3, 0.4) is 0 Å². The van der Waals surface area contributed by atoms with E-state index in [1.807, 2.05) is 21.2 Å². The van der Waals surface area contributed by atoms with E-state index in [2.05, 4.69) is 26.3 Å². The maximum atomic E-state index is 14.2. The number of methoxy groups -OCH3 is 1. The number of hydrogen-bond acceptors (Lipinski definition) is 2. The van der Waals surface area contributed by atoms with E-state index in [1.165, 1.54) is 14.0 Å². The van der Waals surface area contributed by atoms with E-state index in [1.54, 1.807) is 0 Å². The SMILES string of the molecule is C=C(/C=C(/F)C(=C)C)C(=C)/C(F)=C(/SI)C(=C)OC. The second-order valence-corrected chi connectivity index (χ2v) is 5.51. The molecule has 0 fully saturated rings. The average molecular weight is 396 g/mol. The molecule has 0 aliphatic carbocycles. The Morgan fingerprint density at radius 3 is 2.11 bits per heavy atom. The molecular weight excluding hydrogens is 381 g/mol. The lowest BCUT2D eigenvalue weighted by Gasteiger charge is -2.10. The summed E-state index contributed by atoms with van der Waals surface area (Å²) in [6, 6.07) is 0. The van der Waals surface area contributed by atoms with Crippen LogP contribution < -0.4 is 0 Å². The Kier molecular flexibility index (Phi) is 8.01. The Hall–Kier alpha value is -0.820. The predicted molar refractivity (Wildman–Crippen MR) is 88.2 cm³/mol. The molecule has 1 nitrogen and oxygen atoms in total. The molecule has 0 aromatic carbocycles. The van der Waals surface area contributed by atoms with Crippen molar-refractivity contribution in [3.63, 3.8) is 0 Å². The molecule has 0 aliphatic rings. The first kappa shape index (κ1) is 18.2. The molecule has 104 valence electrons. The number of allylic oxidation sites excluding steroid dienone is 6. The van der Waals surface area contributed by atoms with Crippen LogP contribution in [0, 0.1) is 0 Å². The van der Waals surface area contributed by atoms with Gasteiger partial charge in [0.25, 0.3) is 0 Å². The fourth-order valence-electron chi connectivity index (χ4n) is 0.933. The van der Waals surface area contributed by atoms with Gasteiger partial charge in [-0.3, -0.25) is 0 Å². The van der Waals surface area contributed by atoms with E-state index in [4.69, 9.17) is 4.74 Å². The maximum absolute atomic E-state index is 14.2. The Balaban J connectivity index is 5.37. The molecule has 0 heterocycles. The monoisotopic (exact) mass is 396 g/mol. The molecule has 0 aromatic rings. The van der Waals surface area contributed by atoms with Gasteiger partial charge in [-0.1, -0.05) is 26.3 Å². The summed E-state index contributed by atoms with van der Waals surface area (Å²) >= 11 is 1.90. The molecular formula is C14H15F2IOS. The first-order valence-corrected chi connectivity index (χ1v) is 8.45. The lowest BCUT2D eigenvalue weighted by molar-refractivity contribution is 0.305. The summed E-state index contributed by atoms with van der Waals surface area (Å²) in [4.78, 5) is 0.193. The lowest BCUT2D eigenvalue weighted by Crippen LogP contribution is -1.94. The van der Waals surface area contributed by atoms with Crippen molar-refractivity contribution in [1.29, 1.82) is 0 Å². The van der Waals surface area contributed by atoms with Gasteiger partial charge in [0.2, 0.25) is 0 Å². The zero-order chi connectivity index (χ0) is 15.2. The molecule has 0 saturated carbocycles. The Morgan fingerprint density at radius 1 is 1.21 bits per heavy atom. The third kappa shape index (κ3) is 5.36. The minimum Gasteiger partial charge on any atom is -0.496 e. The van der Waals surface area contributed by atoms with Gasteiger partial charge in [-0.2, -0.15) is 0 Å². The summed E-state index contributed by atoms with van der Waals surface area (Å²) < 4.78 is 32.4. The van der Waals surface area contributed by atoms with Crippen molar-refractivity contribution in [2.75, 3.05) is 7.11 Å². The second kappa shape index (κ2) is 8.37. The van der Waals surface area contributed by atoms with Gasteiger partial charge in [0.05, 0.1) is 12.0 Å². The van der Waals surface area contributed by atoms with E-state index in [9.17, 15) is 8.78 Å². The maximum Gasteiger partial charge on any atom is 0.148 e. The van der Waals surface area contributed by atoms with Crippen LogP contribution in [-0.2, 0) is 4.74 Å². The van der Waals surface area contributed by atoms with Crippen LogP contribution in [0.1, 0.15) is 6.92 Å². The van der Waals surface area contributed by atoms with Crippen LogP contribution in [0.4, 0.5) is 8.78 Å². The highest BCUT2D eigenvalue weighted by atomic mass is 127. The topological polar surface area (TPSA) is 9.23 Å². The van der Waals surface area contributed by atoms with Gasteiger partial charge in [0.15, 0.2) is 0 Å². The van der Waals surface area contributed by atoms with Gasteiger partial charge in [0, 0.05) is 26.8 Å². The van der Waals surface area contributed by atoms with Crippen LogP contribution in [0.15, 0.2) is 71.4 Å². The Labute approximate surface area is 129 Å². The lowest BCUT2D eigenvalue weighted by atomic mass is 10.1. The number of halogens is 3. The van der Waals surface area contributed by atoms with Crippen LogP contribution in [-0.4, -0.2) is 7.11 Å². The van der Waals surface area contributed by atoms with Gasteiger partial charge < -0.3 is 4.74 Å². The molecule has 0 radical (unpaired) electrons. The molecule has 0 rings (SSSR count). The van der Waals surface area contributed by atoms with Crippen molar-refractivity contribution in [2.24, 2.45) is 0 Å². The molecule has 19 heavy (non-hydrogen) atoms. The molecule has 0 aliphatic heterocycles. The van der Waals surface area contributed by atoms with Crippen LogP contribution in [0.2, 0.25) is 0 Å². The van der Waals surface area contributed by atoms with Crippen molar-refractivity contribution in [1.82, 2.24) is 0 Å². The van der Waals surface area contributed by atoms with Gasteiger partial charge in [0.1, 0.15) is 17.4 Å². The summed E-state index contributed by atoms with van der Waals surface area (Å²) in [6.45, 7) is 15.7. The van der Waals surface area contributed by atoms with Gasteiger partial charge in [-0.05, 0) is 33.1 Å². The van der Waals surface area contributed by atoms with E-state index >= 15 is 0 Å². The fourth-order valence-corrected chi connectivity index (χ4v) is 2.61. The molecule has 0 unspecified atom stereocenters. The van der Waals surface area contributed by atoms with Crippen molar-refractivity contribution >= 4 is 30.1 Å². The summed E-state index contributed by atoms with van der Waals surface area (Å²) in [5.74, 6) is -1.02. The van der Waals surface area contributed by atoms with Crippen LogP contribution in [0.25, 0.3) is 0 Å². The van der Waals surface area contributed by atoms with Crippen molar-refractivity contribution in [3.8, 4) is 0 Å². The summed E-state index contributed by atoms with van der Waals surface area (Å²) in [5.41, 5.74) is 0.349. The quantitative estimate of drug-likeness (QED) is 0.299. The van der Waals surface area contributed by atoms with Crippen LogP contribution in [0.5, 0.6) is 0 Å². The molecule has 0 amide bonds. The molecule has 5 heteroatoms. The predicted octanol–water partition coefficient (Wildman–Crippen LogP) is 5.95. The average Bonchev–Trinajstić information content (AvgIpc) is 2.37. The fraction of sp³-hybridized carbons (Fsp3) is 0.143. The third-order valence-electron chi connectivity index (χ3n) is 2.14. The van der Waals surface area contributed by atoms with E-state index in [-0.39, 0.29) is 27.4 Å². The van der Waals surface area contributed by atoms with Gasteiger partial charge >= 0.3 is 0 Å². The molecule has 0 saturated heterocycles. The van der Waals surface area contributed by atoms with Gasteiger partial charge in [-0.25, -0.2) is 8.78 Å². The molecule has 0 aromatic heterocycles. The van der Waals surface area contributed by atoms with Gasteiger partial charge in [-0.15, -0.1) is 0 Å². The third-order valence-corrected chi connectivity index (χ3v) is 4.02. The standard InChI is InChI=1S/C14H15F2IOS/c1-8(2)12(15)7-9(3)10(4)13(16)14(19-17)11(5)18-6/h7H,1,3-5H2,2,6H3/b12-7+,14-13-. The number of ether oxygens (including phenoxy) is 1. The molecule has 0 spiro atoms. The molecule has 0 atom stereocenters. The number of rotatable bonds is 7. The smallest absolute Gasteiger partial charge is 0.148 e. The zero-order valence-electron chi connectivity index (χ0n) is 10.9. The first-order valence-electron chi connectivity index (χ1n) is 5.09. The van der Waals surface area contributed by atoms with E-state index in [0.29, 0.717) is 0 Å². The first-order chi connectivity index (χ1) is 8.76. The largest absolute Gasteiger partial charge is 0.496 e. The highest BCUT2D eigenvalue weighted by Crippen LogP contribution is 2.37. The van der Waals surface area contributed by atoms with Crippen molar-refractivity contribution in [3.05, 3.63) is 71.4 Å².